The molecule has 0 fully saturated rings. The van der Waals surface area contributed by atoms with Crippen molar-refractivity contribution in [2.75, 3.05) is 0 Å². The first-order chi connectivity index (χ1) is 22.1. The molecule has 0 aliphatic carbocycles. The molecule has 0 aliphatic heterocycles. The van der Waals surface area contributed by atoms with Gasteiger partial charge in [-0.15, -0.1) is 69.1 Å². The summed E-state index contributed by atoms with van der Waals surface area (Å²) in [5.74, 6) is 0. The Balaban J connectivity index is 0.000000226. The summed E-state index contributed by atoms with van der Waals surface area (Å²) in [5, 5.41) is 5.57. The summed E-state index contributed by atoms with van der Waals surface area (Å²) in [7, 11) is 1.08. The smallest absolute Gasteiger partial charge is 0.164 e. The molecule has 0 amide bonds. The van der Waals surface area contributed by atoms with E-state index in [9.17, 15) is 0 Å². The van der Waals surface area contributed by atoms with Crippen LogP contribution < -0.4 is 0 Å². The zero-order valence-corrected chi connectivity index (χ0v) is 32.5. The van der Waals surface area contributed by atoms with E-state index in [4.69, 9.17) is 0 Å². The summed E-state index contributed by atoms with van der Waals surface area (Å²) in [6.45, 7) is 13.3. The Morgan fingerprint density at radius 1 is 0.457 bits per heavy atom. The van der Waals surface area contributed by atoms with Gasteiger partial charge in [0, 0.05) is 9.52 Å². The van der Waals surface area contributed by atoms with E-state index in [-0.39, 0.29) is 26.2 Å². The van der Waals surface area contributed by atoms with Gasteiger partial charge in [-0.1, -0.05) is 138 Å². The van der Waals surface area contributed by atoms with Gasteiger partial charge >= 0.3 is 26.2 Å². The van der Waals surface area contributed by atoms with Crippen LogP contribution in [-0.4, -0.2) is 9.52 Å². The Morgan fingerprint density at radius 3 is 1.17 bits per heavy atom. The van der Waals surface area contributed by atoms with Gasteiger partial charge in [0.2, 0.25) is 0 Å². The molecule has 2 radical (unpaired) electrons. The quantitative estimate of drug-likeness (QED) is 0.0986. The molecule has 6 aromatic rings. The van der Waals surface area contributed by atoms with Crippen molar-refractivity contribution in [1.29, 1.82) is 0 Å². The molecule has 6 rings (SSSR count). The third-order valence-electron chi connectivity index (χ3n) is 8.35. The number of hydrogen-bond acceptors (Lipinski definition) is 0. The number of fused-ring (bicyclic) bond motifs is 2. The van der Waals surface area contributed by atoms with E-state index in [0.717, 1.165) is 22.4 Å². The van der Waals surface area contributed by atoms with E-state index in [1.807, 2.05) is 0 Å². The second-order valence-electron chi connectivity index (χ2n) is 12.2. The topological polar surface area (TPSA) is 0 Å². The predicted molar refractivity (Wildman–Crippen MR) is 203 cm³/mol. The van der Waals surface area contributed by atoms with Crippen LogP contribution in [0.25, 0.3) is 43.8 Å². The third-order valence-corrected chi connectivity index (χ3v) is 8.35. The van der Waals surface area contributed by atoms with Gasteiger partial charge < -0.3 is 0 Å². The van der Waals surface area contributed by atoms with Gasteiger partial charge in [0.05, 0.1) is 0 Å². The molecule has 0 unspecified atom stereocenters. The van der Waals surface area contributed by atoms with Gasteiger partial charge in [0.15, 0.2) is 0 Å². The minimum absolute atomic E-state index is 0. The van der Waals surface area contributed by atoms with Gasteiger partial charge in [0.25, 0.3) is 0 Å². The maximum atomic E-state index is 2.39. The summed E-state index contributed by atoms with van der Waals surface area (Å²) >= 11 is 0. The normalized spacial score (nSPS) is 10.6. The molecular weight excluding hydrogens is 648 g/mol. The van der Waals surface area contributed by atoms with Crippen LogP contribution in [0.1, 0.15) is 75.6 Å². The van der Waals surface area contributed by atoms with Crippen LogP contribution in [0.15, 0.2) is 109 Å². The fourth-order valence-electron chi connectivity index (χ4n) is 6.47. The van der Waals surface area contributed by atoms with E-state index in [1.54, 1.807) is 0 Å². The second kappa shape index (κ2) is 19.8. The molecule has 0 heterocycles. The van der Waals surface area contributed by atoms with Gasteiger partial charge in [-0.05, 0) is 47.9 Å². The molecule has 0 saturated carbocycles. The van der Waals surface area contributed by atoms with Crippen LogP contribution in [0.2, 0.25) is 13.1 Å². The fraction of sp³-hybridized carbons (Fsp3) is 0.318. The van der Waals surface area contributed by atoms with E-state index >= 15 is 0 Å². The Morgan fingerprint density at radius 2 is 0.804 bits per heavy atom. The molecule has 0 nitrogen and oxygen atoms in total. The van der Waals surface area contributed by atoms with E-state index in [2.05, 4.69) is 150 Å². The maximum absolute atomic E-state index is 2.39. The Hall–Kier alpha value is -2.80. The monoisotopic (exact) mass is 698 g/mol. The van der Waals surface area contributed by atoms with Crippen molar-refractivity contribution in [3.05, 3.63) is 131 Å². The molecule has 0 atom stereocenters. The van der Waals surface area contributed by atoms with Gasteiger partial charge in [-0.2, -0.15) is 12.1 Å². The molecule has 2 heteroatoms. The minimum Gasteiger partial charge on any atom is -0.164 e. The van der Waals surface area contributed by atoms with Crippen molar-refractivity contribution < 1.29 is 26.2 Å². The summed E-state index contributed by atoms with van der Waals surface area (Å²) in [4.78, 5) is 0. The molecule has 46 heavy (non-hydrogen) atoms. The van der Waals surface area contributed by atoms with Crippen molar-refractivity contribution in [1.82, 2.24) is 0 Å². The average molecular weight is 700 g/mol. The SMILES string of the molecule is CCCc1cc2c(-c3ccccc3CCC)cccc2[cH-]1.CCCc1cc2c(-c3ccccc3CCC)cccc2[cH-]1.C[Si]C.[Zr+2]. The van der Waals surface area contributed by atoms with Gasteiger partial charge in [0.1, 0.15) is 0 Å². The van der Waals surface area contributed by atoms with Crippen molar-refractivity contribution in [3.8, 4) is 22.3 Å². The molecule has 0 bridgehead atoms. The van der Waals surface area contributed by atoms with Crippen LogP contribution in [0, 0.1) is 0 Å². The number of hydrogen-bond donors (Lipinski definition) is 0. The molecule has 0 aromatic heterocycles. The molecular formula is C44H52SiZr. The molecule has 0 aliphatic rings. The standard InChI is InChI=1S/2C21H23.C2H6Si.Zr/c2*1-3-8-16-14-18-11-7-13-20(21(18)15-16)19-12-6-5-10-17(19)9-4-2;1-3-2;/h2*5-7,10-15H,3-4,8-9H2,1-2H3;1-2H3;/q2*-1;;+2. The van der Waals surface area contributed by atoms with Crippen LogP contribution >= 0.6 is 0 Å². The van der Waals surface area contributed by atoms with Crippen LogP contribution in [0.5, 0.6) is 0 Å². The predicted octanol–water partition coefficient (Wildman–Crippen LogP) is 13.0. The first kappa shape index (κ1) is 37.7. The molecule has 0 spiro atoms. The number of benzene rings is 4. The second-order valence-corrected chi connectivity index (χ2v) is 13.2. The fourth-order valence-corrected chi connectivity index (χ4v) is 6.47. The first-order valence-electron chi connectivity index (χ1n) is 17.2. The molecule has 236 valence electrons. The maximum Gasteiger partial charge on any atom is 2.00 e. The average Bonchev–Trinajstić information content (AvgIpc) is 3.67. The summed E-state index contributed by atoms with van der Waals surface area (Å²) in [6, 6.07) is 40.6. The van der Waals surface area contributed by atoms with Gasteiger partial charge in [-0.3, -0.25) is 0 Å². The molecule has 0 N–H and O–H groups in total. The molecule has 6 aromatic carbocycles. The van der Waals surface area contributed by atoms with Crippen molar-refractivity contribution in [2.45, 2.75) is 92.2 Å². The van der Waals surface area contributed by atoms with Crippen molar-refractivity contribution in [2.24, 2.45) is 0 Å². The Bertz CT molecular complexity index is 1620. The Labute approximate surface area is 301 Å². The van der Waals surface area contributed by atoms with Crippen LogP contribution in [0.4, 0.5) is 0 Å². The largest absolute Gasteiger partial charge is 2.00 e. The van der Waals surface area contributed by atoms with Gasteiger partial charge in [-0.25, -0.2) is 0 Å². The van der Waals surface area contributed by atoms with E-state index in [1.165, 1.54) is 105 Å². The zero-order valence-electron chi connectivity index (χ0n) is 29.0. The Kier molecular flexibility index (Phi) is 16.2. The number of rotatable bonds is 10. The molecule has 0 saturated heterocycles. The van der Waals surface area contributed by atoms with Crippen LogP contribution in [-0.2, 0) is 51.9 Å². The van der Waals surface area contributed by atoms with Crippen molar-refractivity contribution in [3.63, 3.8) is 0 Å². The minimum atomic E-state index is 0. The number of aryl methyl sites for hydroxylation is 4. The van der Waals surface area contributed by atoms with E-state index in [0.29, 0.717) is 0 Å². The summed E-state index contributed by atoms with van der Waals surface area (Å²) in [5.41, 5.74) is 11.4. The summed E-state index contributed by atoms with van der Waals surface area (Å²) in [6.07, 6.45) is 9.43. The van der Waals surface area contributed by atoms with E-state index < -0.39 is 0 Å². The third kappa shape index (κ3) is 9.62. The summed E-state index contributed by atoms with van der Waals surface area (Å²) < 4.78 is 0. The van der Waals surface area contributed by atoms with Crippen molar-refractivity contribution >= 4 is 31.1 Å². The zero-order chi connectivity index (χ0) is 32.0. The van der Waals surface area contributed by atoms with Crippen LogP contribution in [0.3, 0.4) is 0 Å². The first-order valence-corrected chi connectivity index (χ1v) is 19.2.